The highest BCUT2D eigenvalue weighted by Crippen LogP contribution is 2.22. The first-order chi connectivity index (χ1) is 7.47. The van der Waals surface area contributed by atoms with Crippen molar-refractivity contribution < 1.29 is 0 Å². The highest BCUT2D eigenvalue weighted by Gasteiger charge is 2.05. The third kappa shape index (κ3) is 5.06. The Balaban J connectivity index is 2.48. The van der Waals surface area contributed by atoms with Crippen LogP contribution in [0.3, 0.4) is 0 Å². The highest BCUT2D eigenvalue weighted by molar-refractivity contribution is 6.35. The molecule has 2 nitrogen and oxygen atoms in total. The van der Waals surface area contributed by atoms with Crippen molar-refractivity contribution in [1.82, 2.24) is 0 Å². The second-order valence-electron chi connectivity index (χ2n) is 4.43. The zero-order valence-corrected chi connectivity index (χ0v) is 11.1. The summed E-state index contributed by atoms with van der Waals surface area (Å²) in [6.45, 7) is 5.06. The van der Waals surface area contributed by atoms with Crippen LogP contribution in [0, 0.1) is 5.92 Å². The summed E-state index contributed by atoms with van der Waals surface area (Å²) in [6, 6.07) is 5.55. The van der Waals surface area contributed by atoms with E-state index in [0.717, 1.165) is 18.7 Å². The number of nitrogens with two attached hydrogens (primary N) is 1. The Morgan fingerprint density at radius 1 is 1.19 bits per heavy atom. The number of halogens is 2. The van der Waals surface area contributed by atoms with Crippen molar-refractivity contribution in [1.29, 1.82) is 0 Å². The third-order valence-corrected chi connectivity index (χ3v) is 2.64. The predicted molar refractivity (Wildman–Crippen MR) is 72.4 cm³/mol. The van der Waals surface area contributed by atoms with Gasteiger partial charge in [-0.2, -0.15) is 0 Å². The number of hydrogen-bond acceptors (Lipinski definition) is 2. The Morgan fingerprint density at radius 2 is 1.75 bits per heavy atom. The van der Waals surface area contributed by atoms with Crippen LogP contribution in [0.5, 0.6) is 0 Å². The molecule has 0 spiro atoms. The number of rotatable bonds is 5. The van der Waals surface area contributed by atoms with Gasteiger partial charge in [-0.25, -0.2) is 0 Å². The zero-order chi connectivity index (χ0) is 12.1. The average Bonchev–Trinajstić information content (AvgIpc) is 2.12. The first kappa shape index (κ1) is 13.6. The van der Waals surface area contributed by atoms with Crippen LogP contribution in [0.25, 0.3) is 0 Å². The third-order valence-electron chi connectivity index (χ3n) is 2.21. The smallest absolute Gasteiger partial charge is 0.0441 e. The molecule has 1 aromatic carbocycles. The lowest BCUT2D eigenvalue weighted by Crippen LogP contribution is -2.30. The molecule has 4 heteroatoms. The molecule has 0 aliphatic carbocycles. The van der Waals surface area contributed by atoms with E-state index in [1.165, 1.54) is 0 Å². The molecule has 0 bridgehead atoms. The van der Waals surface area contributed by atoms with Crippen molar-refractivity contribution >= 4 is 28.9 Å². The van der Waals surface area contributed by atoms with E-state index in [2.05, 4.69) is 19.2 Å². The van der Waals surface area contributed by atoms with E-state index in [4.69, 9.17) is 28.9 Å². The topological polar surface area (TPSA) is 38.0 Å². The second kappa shape index (κ2) is 6.33. The number of hydrogen-bond donors (Lipinski definition) is 2. The van der Waals surface area contributed by atoms with Gasteiger partial charge < -0.3 is 11.1 Å². The van der Waals surface area contributed by atoms with Crippen LogP contribution in [0.15, 0.2) is 18.2 Å². The summed E-state index contributed by atoms with van der Waals surface area (Å²) in [4.78, 5) is 0. The molecule has 0 saturated carbocycles. The normalized spacial score (nSPS) is 12.9. The molecule has 0 saturated heterocycles. The summed E-state index contributed by atoms with van der Waals surface area (Å²) in [7, 11) is 0. The van der Waals surface area contributed by atoms with E-state index in [0.29, 0.717) is 16.0 Å². The Kier molecular flexibility index (Phi) is 5.39. The molecular weight excluding hydrogens is 243 g/mol. The zero-order valence-electron chi connectivity index (χ0n) is 9.63. The fourth-order valence-electron chi connectivity index (χ4n) is 1.59. The van der Waals surface area contributed by atoms with Gasteiger partial charge in [-0.3, -0.25) is 0 Å². The number of benzene rings is 1. The van der Waals surface area contributed by atoms with Gasteiger partial charge in [-0.1, -0.05) is 37.0 Å². The van der Waals surface area contributed by atoms with E-state index in [1.807, 2.05) is 12.1 Å². The molecule has 0 heterocycles. The van der Waals surface area contributed by atoms with Gasteiger partial charge in [0.2, 0.25) is 0 Å². The van der Waals surface area contributed by atoms with Crippen molar-refractivity contribution in [3.05, 3.63) is 28.2 Å². The number of anilines is 1. The molecule has 16 heavy (non-hydrogen) atoms. The summed E-state index contributed by atoms with van der Waals surface area (Å²) in [5, 5.41) is 4.50. The van der Waals surface area contributed by atoms with E-state index >= 15 is 0 Å². The monoisotopic (exact) mass is 260 g/mol. The van der Waals surface area contributed by atoms with E-state index in [-0.39, 0.29) is 6.04 Å². The van der Waals surface area contributed by atoms with Gasteiger partial charge in [0.1, 0.15) is 0 Å². The first-order valence-electron chi connectivity index (χ1n) is 5.43. The Morgan fingerprint density at radius 3 is 2.25 bits per heavy atom. The molecule has 0 amide bonds. The molecule has 1 rings (SSSR count). The fourth-order valence-corrected chi connectivity index (χ4v) is 2.12. The molecule has 0 radical (unpaired) electrons. The van der Waals surface area contributed by atoms with E-state index in [9.17, 15) is 0 Å². The van der Waals surface area contributed by atoms with E-state index < -0.39 is 0 Å². The van der Waals surface area contributed by atoms with Crippen LogP contribution in [0.2, 0.25) is 10.0 Å². The maximum absolute atomic E-state index is 5.97. The molecule has 90 valence electrons. The minimum Gasteiger partial charge on any atom is -0.383 e. The predicted octanol–water partition coefficient (Wildman–Crippen LogP) is 3.78. The van der Waals surface area contributed by atoms with Crippen molar-refractivity contribution in [2.75, 3.05) is 11.9 Å². The lowest BCUT2D eigenvalue weighted by atomic mass is 10.0. The molecule has 3 N–H and O–H groups in total. The van der Waals surface area contributed by atoms with Gasteiger partial charge >= 0.3 is 0 Å². The van der Waals surface area contributed by atoms with Crippen LogP contribution < -0.4 is 11.1 Å². The lowest BCUT2D eigenvalue weighted by molar-refractivity contribution is 0.508. The van der Waals surface area contributed by atoms with Gasteiger partial charge in [0.05, 0.1) is 0 Å². The van der Waals surface area contributed by atoms with Crippen molar-refractivity contribution in [3.63, 3.8) is 0 Å². The van der Waals surface area contributed by atoms with Crippen molar-refractivity contribution in [2.24, 2.45) is 11.7 Å². The summed E-state index contributed by atoms with van der Waals surface area (Å²) < 4.78 is 0. The standard InChI is InChI=1S/C12H18Cl2N2/c1-8(2)3-11(15)7-16-12-5-9(13)4-10(14)6-12/h4-6,8,11,16H,3,7,15H2,1-2H3. The van der Waals surface area contributed by atoms with Crippen LogP contribution in [0.4, 0.5) is 5.69 Å². The van der Waals surface area contributed by atoms with E-state index in [1.54, 1.807) is 6.07 Å². The van der Waals surface area contributed by atoms with Crippen molar-refractivity contribution in [2.45, 2.75) is 26.3 Å². The van der Waals surface area contributed by atoms with Crippen molar-refractivity contribution in [3.8, 4) is 0 Å². The molecule has 0 aliphatic rings. The molecule has 0 aromatic heterocycles. The molecular formula is C12H18Cl2N2. The minimum atomic E-state index is 0.151. The average molecular weight is 261 g/mol. The molecule has 0 fully saturated rings. The minimum absolute atomic E-state index is 0.151. The summed E-state index contributed by atoms with van der Waals surface area (Å²) in [6.07, 6.45) is 1.00. The molecule has 1 unspecified atom stereocenters. The Labute approximate surface area is 107 Å². The SMILES string of the molecule is CC(C)CC(N)CNc1cc(Cl)cc(Cl)c1. The van der Waals surface area contributed by atoms with Gasteiger partial charge in [-0.15, -0.1) is 0 Å². The highest BCUT2D eigenvalue weighted by atomic mass is 35.5. The second-order valence-corrected chi connectivity index (χ2v) is 5.30. The molecule has 1 aromatic rings. The van der Waals surface area contributed by atoms with Crippen LogP contribution in [-0.4, -0.2) is 12.6 Å². The Hall–Kier alpha value is -0.440. The van der Waals surface area contributed by atoms with Gasteiger partial charge in [0.25, 0.3) is 0 Å². The van der Waals surface area contributed by atoms with Crippen LogP contribution >= 0.6 is 23.2 Å². The van der Waals surface area contributed by atoms with Crippen LogP contribution in [-0.2, 0) is 0 Å². The summed E-state index contributed by atoms with van der Waals surface area (Å²) in [5.41, 5.74) is 6.88. The first-order valence-corrected chi connectivity index (χ1v) is 6.18. The lowest BCUT2D eigenvalue weighted by Gasteiger charge is -2.15. The maximum atomic E-state index is 5.97. The van der Waals surface area contributed by atoms with Gasteiger partial charge in [-0.05, 0) is 30.5 Å². The largest absolute Gasteiger partial charge is 0.383 e. The quantitative estimate of drug-likeness (QED) is 0.846. The molecule has 0 aliphatic heterocycles. The molecule has 1 atom stereocenters. The number of nitrogens with one attached hydrogen (secondary N) is 1. The summed E-state index contributed by atoms with van der Waals surface area (Å²) >= 11 is 11.8. The van der Waals surface area contributed by atoms with Gasteiger partial charge in [0.15, 0.2) is 0 Å². The maximum Gasteiger partial charge on any atom is 0.0441 e. The Bertz CT molecular complexity index is 320. The summed E-state index contributed by atoms with van der Waals surface area (Å²) in [5.74, 6) is 0.611. The van der Waals surface area contributed by atoms with Gasteiger partial charge in [0, 0.05) is 28.3 Å². The van der Waals surface area contributed by atoms with Crippen LogP contribution in [0.1, 0.15) is 20.3 Å². The fraction of sp³-hybridized carbons (Fsp3) is 0.500.